The van der Waals surface area contributed by atoms with E-state index in [-0.39, 0.29) is 17.7 Å². The summed E-state index contributed by atoms with van der Waals surface area (Å²) < 4.78 is 0.679. The van der Waals surface area contributed by atoms with Gasteiger partial charge in [-0.25, -0.2) is 0 Å². The second-order valence-electron chi connectivity index (χ2n) is 5.51. The van der Waals surface area contributed by atoms with Crippen molar-refractivity contribution in [3.05, 3.63) is 39.6 Å². The van der Waals surface area contributed by atoms with Crippen molar-refractivity contribution in [1.82, 2.24) is 10.2 Å². The number of carbonyl (C=O) groups excluding carboxylic acids is 2. The van der Waals surface area contributed by atoms with Crippen molar-refractivity contribution in [2.24, 2.45) is 0 Å². The van der Waals surface area contributed by atoms with Crippen LogP contribution in [0.25, 0.3) is 0 Å². The Hall–Kier alpha value is -2.15. The van der Waals surface area contributed by atoms with Crippen LogP contribution < -0.4 is 10.6 Å². The van der Waals surface area contributed by atoms with Crippen molar-refractivity contribution in [2.75, 3.05) is 10.6 Å². The highest BCUT2D eigenvalue weighted by Crippen LogP contribution is 2.28. The molecule has 0 aliphatic carbocycles. The molecular weight excluding hydrogens is 348 g/mol. The van der Waals surface area contributed by atoms with Crippen LogP contribution in [0.3, 0.4) is 0 Å². The average Bonchev–Trinajstić information content (AvgIpc) is 3.00. The number of anilines is 2. The predicted molar refractivity (Wildman–Crippen MR) is 87.1 cm³/mol. The Balaban J connectivity index is 1.81. The lowest BCUT2D eigenvalue weighted by atomic mass is 10.1. The molecule has 3 rings (SSSR count). The molecule has 22 heavy (non-hydrogen) atoms. The summed E-state index contributed by atoms with van der Waals surface area (Å²) in [5, 5.41) is 12.5. The lowest BCUT2D eigenvalue weighted by Crippen LogP contribution is -2.13. The van der Waals surface area contributed by atoms with Crippen LogP contribution in [-0.2, 0) is 11.2 Å². The minimum absolute atomic E-state index is 0.0323. The molecule has 0 atom stereocenters. The molecule has 0 unspecified atom stereocenters. The Kier molecular flexibility index (Phi) is 3.74. The lowest BCUT2D eigenvalue weighted by Gasteiger charge is -2.06. The summed E-state index contributed by atoms with van der Waals surface area (Å²) in [7, 11) is 0. The number of hydrogen-bond acceptors (Lipinski definition) is 3. The van der Waals surface area contributed by atoms with Crippen LogP contribution in [0, 0.1) is 0 Å². The van der Waals surface area contributed by atoms with Crippen molar-refractivity contribution >= 4 is 39.1 Å². The van der Waals surface area contributed by atoms with E-state index < -0.39 is 0 Å². The molecule has 0 saturated carbocycles. The van der Waals surface area contributed by atoms with E-state index in [0.29, 0.717) is 22.3 Å². The summed E-state index contributed by atoms with van der Waals surface area (Å²) in [6, 6.07) is 5.34. The van der Waals surface area contributed by atoms with Crippen LogP contribution in [-0.4, -0.2) is 22.0 Å². The fourth-order valence-corrected chi connectivity index (χ4v) is 3.19. The predicted octanol–water partition coefficient (Wildman–Crippen LogP) is 3.04. The Morgan fingerprint density at radius 2 is 2.18 bits per heavy atom. The van der Waals surface area contributed by atoms with Crippen LogP contribution >= 0.6 is 15.9 Å². The first kappa shape index (κ1) is 14.8. The van der Waals surface area contributed by atoms with Gasteiger partial charge < -0.3 is 10.6 Å². The first-order valence-electron chi connectivity index (χ1n) is 6.93. The number of rotatable bonds is 3. The highest BCUT2D eigenvalue weighted by Gasteiger charge is 2.21. The third-order valence-electron chi connectivity index (χ3n) is 3.51. The van der Waals surface area contributed by atoms with Crippen molar-refractivity contribution in [1.29, 1.82) is 0 Å². The summed E-state index contributed by atoms with van der Waals surface area (Å²) in [5.74, 6) is -0.0946. The minimum atomic E-state index is -0.299. The molecule has 1 aromatic heterocycles. The monoisotopic (exact) mass is 362 g/mol. The highest BCUT2D eigenvalue weighted by atomic mass is 79.9. The summed E-state index contributed by atoms with van der Waals surface area (Å²) in [6.07, 6.45) is 0.336. The molecule has 0 saturated heterocycles. The number of amides is 2. The van der Waals surface area contributed by atoms with Crippen LogP contribution in [0.5, 0.6) is 0 Å². The molecule has 0 radical (unpaired) electrons. The second-order valence-corrected chi connectivity index (χ2v) is 6.30. The number of aromatic amines is 1. The SMILES string of the molecule is CC(C)c1[nH]nc(C(=O)Nc2ccc3c(c2)CC(=O)N3)c1Br. The Bertz CT molecular complexity index is 767. The fourth-order valence-electron chi connectivity index (χ4n) is 2.37. The number of fused-ring (bicyclic) bond motifs is 1. The van der Waals surface area contributed by atoms with E-state index in [2.05, 4.69) is 36.8 Å². The van der Waals surface area contributed by atoms with E-state index in [9.17, 15) is 9.59 Å². The average molecular weight is 363 g/mol. The van der Waals surface area contributed by atoms with Crippen LogP contribution in [0.15, 0.2) is 22.7 Å². The van der Waals surface area contributed by atoms with Gasteiger partial charge in [0.15, 0.2) is 5.69 Å². The molecule has 0 fully saturated rings. The third kappa shape index (κ3) is 2.64. The van der Waals surface area contributed by atoms with E-state index in [1.165, 1.54) is 0 Å². The van der Waals surface area contributed by atoms with Crippen LogP contribution in [0.4, 0.5) is 11.4 Å². The largest absolute Gasteiger partial charge is 0.326 e. The standard InChI is InChI=1S/C15H15BrN4O2/c1-7(2)13-12(16)14(20-19-13)15(22)17-9-3-4-10-8(5-9)6-11(21)18-10/h3-5,7H,6H2,1-2H3,(H,17,22)(H,18,21)(H,19,20). The van der Waals surface area contributed by atoms with Gasteiger partial charge in [-0.3, -0.25) is 14.7 Å². The first-order valence-corrected chi connectivity index (χ1v) is 7.73. The Labute approximate surface area is 135 Å². The number of benzene rings is 1. The third-order valence-corrected chi connectivity index (χ3v) is 4.32. The van der Waals surface area contributed by atoms with Gasteiger partial charge in [-0.2, -0.15) is 5.10 Å². The van der Waals surface area contributed by atoms with E-state index in [4.69, 9.17) is 0 Å². The maximum absolute atomic E-state index is 12.3. The number of nitrogens with zero attached hydrogens (tertiary/aromatic N) is 1. The highest BCUT2D eigenvalue weighted by molar-refractivity contribution is 9.10. The molecule has 7 heteroatoms. The summed E-state index contributed by atoms with van der Waals surface area (Å²) in [6.45, 7) is 4.04. The Morgan fingerprint density at radius 1 is 1.41 bits per heavy atom. The molecule has 114 valence electrons. The molecule has 6 nitrogen and oxygen atoms in total. The van der Waals surface area contributed by atoms with Gasteiger partial charge in [0.2, 0.25) is 5.91 Å². The maximum atomic E-state index is 12.3. The fraction of sp³-hybridized carbons (Fsp3) is 0.267. The van der Waals surface area contributed by atoms with Crippen molar-refractivity contribution < 1.29 is 9.59 Å². The summed E-state index contributed by atoms with van der Waals surface area (Å²) in [5.41, 5.74) is 3.52. The zero-order valence-corrected chi connectivity index (χ0v) is 13.7. The number of H-pyrrole nitrogens is 1. The smallest absolute Gasteiger partial charge is 0.277 e. The number of nitrogens with one attached hydrogen (secondary N) is 3. The summed E-state index contributed by atoms with van der Waals surface area (Å²) in [4.78, 5) is 23.7. The molecule has 2 aromatic rings. The van der Waals surface area contributed by atoms with Gasteiger partial charge in [0.05, 0.1) is 16.6 Å². The molecule has 2 amide bonds. The normalized spacial score (nSPS) is 13.2. The van der Waals surface area contributed by atoms with E-state index in [0.717, 1.165) is 16.9 Å². The van der Waals surface area contributed by atoms with E-state index >= 15 is 0 Å². The van der Waals surface area contributed by atoms with E-state index in [1.807, 2.05) is 13.8 Å². The molecule has 2 heterocycles. The topological polar surface area (TPSA) is 86.9 Å². The lowest BCUT2D eigenvalue weighted by molar-refractivity contribution is -0.115. The molecular formula is C15H15BrN4O2. The van der Waals surface area contributed by atoms with Gasteiger partial charge in [0.25, 0.3) is 5.91 Å². The van der Waals surface area contributed by atoms with Crippen LogP contribution in [0.1, 0.15) is 41.5 Å². The van der Waals surface area contributed by atoms with E-state index in [1.54, 1.807) is 18.2 Å². The van der Waals surface area contributed by atoms with Gasteiger partial charge in [0.1, 0.15) is 0 Å². The Morgan fingerprint density at radius 3 is 2.86 bits per heavy atom. The number of halogens is 1. The number of hydrogen-bond donors (Lipinski definition) is 3. The number of aromatic nitrogens is 2. The van der Waals surface area contributed by atoms with Gasteiger partial charge in [-0.05, 0) is 45.6 Å². The maximum Gasteiger partial charge on any atom is 0.277 e. The first-order chi connectivity index (χ1) is 10.5. The summed E-state index contributed by atoms with van der Waals surface area (Å²) >= 11 is 3.41. The van der Waals surface area contributed by atoms with Crippen molar-refractivity contribution in [3.63, 3.8) is 0 Å². The molecule has 1 aliphatic rings. The zero-order chi connectivity index (χ0) is 15.9. The van der Waals surface area contributed by atoms with Crippen molar-refractivity contribution in [2.45, 2.75) is 26.2 Å². The van der Waals surface area contributed by atoms with Gasteiger partial charge >= 0.3 is 0 Å². The molecule has 1 aliphatic heterocycles. The van der Waals surface area contributed by atoms with Gasteiger partial charge in [-0.15, -0.1) is 0 Å². The van der Waals surface area contributed by atoms with Gasteiger partial charge in [-0.1, -0.05) is 13.8 Å². The molecule has 3 N–H and O–H groups in total. The molecule has 0 bridgehead atoms. The van der Waals surface area contributed by atoms with Crippen LogP contribution in [0.2, 0.25) is 0 Å². The minimum Gasteiger partial charge on any atom is -0.326 e. The second kappa shape index (κ2) is 5.57. The number of carbonyl (C=O) groups is 2. The molecule has 1 aromatic carbocycles. The zero-order valence-electron chi connectivity index (χ0n) is 12.2. The van der Waals surface area contributed by atoms with Gasteiger partial charge in [0, 0.05) is 11.4 Å². The van der Waals surface area contributed by atoms with Crippen molar-refractivity contribution in [3.8, 4) is 0 Å². The quantitative estimate of drug-likeness (QED) is 0.783. The molecule has 0 spiro atoms.